The molecule has 0 saturated carbocycles. The van der Waals surface area contributed by atoms with Crippen LogP contribution in [0, 0.1) is 17.8 Å². The van der Waals surface area contributed by atoms with Gasteiger partial charge < -0.3 is 26.0 Å². The molecule has 1 saturated heterocycles. The van der Waals surface area contributed by atoms with Crippen LogP contribution in [0.15, 0.2) is 41.9 Å². The zero-order chi connectivity index (χ0) is 29.9. The maximum absolute atomic E-state index is 13.5. The molecule has 222 valence electrons. The zero-order valence-electron chi connectivity index (χ0n) is 23.8. The van der Waals surface area contributed by atoms with Crippen molar-refractivity contribution in [3.63, 3.8) is 0 Å². The molecule has 41 heavy (non-hydrogen) atoms. The number of amides is 4. The van der Waals surface area contributed by atoms with E-state index in [1.807, 2.05) is 44.2 Å². The number of Topliss-reactive ketones (excluding diaryl/α,β-unsaturated/α-hetero) is 1. The van der Waals surface area contributed by atoms with Crippen LogP contribution in [0.5, 0.6) is 0 Å². The molecule has 0 bridgehead atoms. The predicted molar refractivity (Wildman–Crippen MR) is 154 cm³/mol. The Morgan fingerprint density at radius 2 is 1.73 bits per heavy atom. The van der Waals surface area contributed by atoms with E-state index in [1.54, 1.807) is 19.2 Å². The van der Waals surface area contributed by atoms with Crippen molar-refractivity contribution < 1.29 is 28.7 Å². The monoisotopic (exact) mass is 585 g/mol. The van der Waals surface area contributed by atoms with Crippen molar-refractivity contribution in [2.24, 2.45) is 17.8 Å². The molecule has 1 aromatic carbocycles. The quantitative estimate of drug-likeness (QED) is 0.249. The van der Waals surface area contributed by atoms with Crippen molar-refractivity contribution >= 4 is 40.9 Å². The van der Waals surface area contributed by atoms with Gasteiger partial charge in [0.2, 0.25) is 23.5 Å². The lowest BCUT2D eigenvalue weighted by Gasteiger charge is -2.27. The number of hydrogen-bond acceptors (Lipinski definition) is 8. The summed E-state index contributed by atoms with van der Waals surface area (Å²) in [6.07, 6.45) is 1.73. The van der Waals surface area contributed by atoms with Crippen LogP contribution in [0.25, 0.3) is 0 Å². The third kappa shape index (κ3) is 9.66. The van der Waals surface area contributed by atoms with Crippen molar-refractivity contribution in [1.29, 1.82) is 0 Å². The predicted octanol–water partition coefficient (Wildman–Crippen LogP) is 2.82. The Labute approximate surface area is 244 Å². The smallest absolute Gasteiger partial charge is 0.408 e. The van der Waals surface area contributed by atoms with Crippen LogP contribution in [0.1, 0.15) is 62.3 Å². The van der Waals surface area contributed by atoms with Gasteiger partial charge >= 0.3 is 6.09 Å². The fourth-order valence-electron chi connectivity index (χ4n) is 4.54. The van der Waals surface area contributed by atoms with Gasteiger partial charge in [0.25, 0.3) is 0 Å². The van der Waals surface area contributed by atoms with Crippen LogP contribution in [0.3, 0.4) is 0 Å². The molecule has 0 aliphatic carbocycles. The average molecular weight is 586 g/mol. The molecule has 11 nitrogen and oxygen atoms in total. The number of hydrogen-bond donors (Lipinski definition) is 4. The topological polar surface area (TPSA) is 156 Å². The van der Waals surface area contributed by atoms with E-state index in [9.17, 15) is 24.0 Å². The number of carbonyl (C=O) groups excluding carboxylic acids is 5. The van der Waals surface area contributed by atoms with E-state index in [4.69, 9.17) is 4.74 Å². The summed E-state index contributed by atoms with van der Waals surface area (Å²) in [5.74, 6) is -2.33. The minimum absolute atomic E-state index is 0.0288. The van der Waals surface area contributed by atoms with E-state index in [0.29, 0.717) is 19.4 Å². The first kappa shape index (κ1) is 31.7. The van der Waals surface area contributed by atoms with E-state index in [0.717, 1.165) is 16.9 Å². The summed E-state index contributed by atoms with van der Waals surface area (Å²) in [6.45, 7) is 7.92. The minimum Gasteiger partial charge on any atom is -0.445 e. The standard InChI is InChI=1S/C29H39N5O6S/c1-17(2)14-22(33-27(38)23(18(3)4)34-29(39)40-16-19-8-6-5-7-9-19)26(37)32-21(15-20-10-11-30-25(20)36)24(35)28-31-12-13-41-28/h5-9,12-13,17-18,20-23H,10-11,14-16H2,1-4H3,(H,30,36)(H,32,37)(H,33,38)(H,34,39)/t20-,21-,22+,23-/m0/s1. The Morgan fingerprint density at radius 1 is 1.02 bits per heavy atom. The summed E-state index contributed by atoms with van der Waals surface area (Å²) >= 11 is 1.16. The highest BCUT2D eigenvalue weighted by molar-refractivity contribution is 7.11. The van der Waals surface area contributed by atoms with Gasteiger partial charge in [-0.2, -0.15) is 0 Å². The second-order valence-electron chi connectivity index (χ2n) is 10.9. The largest absolute Gasteiger partial charge is 0.445 e. The van der Waals surface area contributed by atoms with Crippen LogP contribution in [-0.2, 0) is 25.7 Å². The molecule has 1 aliphatic rings. The fraction of sp³-hybridized carbons (Fsp3) is 0.517. The normalized spacial score (nSPS) is 16.9. The Kier molecular flexibility index (Phi) is 11.8. The number of nitrogens with zero attached hydrogens (tertiary/aromatic N) is 1. The van der Waals surface area contributed by atoms with Gasteiger partial charge in [-0.05, 0) is 36.7 Å². The first-order chi connectivity index (χ1) is 19.5. The highest BCUT2D eigenvalue weighted by Crippen LogP contribution is 2.20. The SMILES string of the molecule is CC(C)C[C@@H](NC(=O)[C@@H](NC(=O)OCc1ccccc1)C(C)C)C(=O)N[C@@H](C[C@@H]1CCNC1=O)C(=O)c1nccs1. The van der Waals surface area contributed by atoms with Gasteiger partial charge in [0, 0.05) is 24.0 Å². The molecule has 2 aromatic rings. The molecule has 0 unspecified atom stereocenters. The molecule has 0 spiro atoms. The van der Waals surface area contributed by atoms with Gasteiger partial charge in [-0.15, -0.1) is 11.3 Å². The molecule has 0 radical (unpaired) electrons. The fourth-order valence-corrected chi connectivity index (χ4v) is 5.17. The highest BCUT2D eigenvalue weighted by atomic mass is 32.1. The van der Waals surface area contributed by atoms with Crippen molar-refractivity contribution in [3.8, 4) is 0 Å². The number of carbonyl (C=O) groups is 5. The van der Waals surface area contributed by atoms with Crippen LogP contribution in [0.4, 0.5) is 4.79 Å². The van der Waals surface area contributed by atoms with Crippen molar-refractivity contribution in [2.45, 2.75) is 71.7 Å². The maximum atomic E-state index is 13.5. The van der Waals surface area contributed by atoms with E-state index < -0.39 is 42.0 Å². The summed E-state index contributed by atoms with van der Waals surface area (Å²) < 4.78 is 5.28. The molecule has 1 aliphatic heterocycles. The third-order valence-corrected chi connectivity index (χ3v) is 7.52. The second-order valence-corrected chi connectivity index (χ2v) is 11.8. The van der Waals surface area contributed by atoms with E-state index in [1.165, 1.54) is 6.20 Å². The summed E-state index contributed by atoms with van der Waals surface area (Å²) in [5.41, 5.74) is 0.804. The first-order valence-corrected chi connectivity index (χ1v) is 14.7. The maximum Gasteiger partial charge on any atom is 0.408 e. The van der Waals surface area contributed by atoms with Gasteiger partial charge in [-0.1, -0.05) is 58.0 Å². The van der Waals surface area contributed by atoms with Gasteiger partial charge in [0.15, 0.2) is 5.01 Å². The van der Waals surface area contributed by atoms with Crippen molar-refractivity contribution in [2.75, 3.05) is 6.54 Å². The molecule has 1 fully saturated rings. The summed E-state index contributed by atoms with van der Waals surface area (Å²) in [5, 5.41) is 12.8. The van der Waals surface area contributed by atoms with Crippen molar-refractivity contribution in [1.82, 2.24) is 26.3 Å². The Morgan fingerprint density at radius 3 is 2.32 bits per heavy atom. The van der Waals surface area contributed by atoms with Gasteiger partial charge in [-0.3, -0.25) is 19.2 Å². The van der Waals surface area contributed by atoms with Crippen LogP contribution < -0.4 is 21.3 Å². The molecular formula is C29H39N5O6S. The average Bonchev–Trinajstić information content (AvgIpc) is 3.61. The van der Waals surface area contributed by atoms with Crippen molar-refractivity contribution in [3.05, 3.63) is 52.5 Å². The number of thiazole rings is 1. The zero-order valence-corrected chi connectivity index (χ0v) is 24.7. The van der Waals surface area contributed by atoms with E-state index in [2.05, 4.69) is 26.3 Å². The van der Waals surface area contributed by atoms with Crippen LogP contribution >= 0.6 is 11.3 Å². The highest BCUT2D eigenvalue weighted by Gasteiger charge is 2.35. The van der Waals surface area contributed by atoms with E-state index in [-0.39, 0.29) is 41.6 Å². The number of rotatable bonds is 14. The second kappa shape index (κ2) is 15.3. The number of aromatic nitrogens is 1. The summed E-state index contributed by atoms with van der Waals surface area (Å²) in [4.78, 5) is 68.9. The Balaban J connectivity index is 1.69. The van der Waals surface area contributed by atoms with E-state index >= 15 is 0 Å². The molecule has 4 N–H and O–H groups in total. The van der Waals surface area contributed by atoms with Gasteiger partial charge in [0.05, 0.1) is 6.04 Å². The van der Waals surface area contributed by atoms with Gasteiger partial charge in [0.1, 0.15) is 18.7 Å². The Bertz CT molecular complexity index is 1190. The lowest BCUT2D eigenvalue weighted by molar-refractivity contribution is -0.131. The molecule has 4 amide bonds. The molecule has 2 heterocycles. The third-order valence-electron chi connectivity index (χ3n) is 6.73. The number of ketones is 1. The molecule has 4 atom stereocenters. The van der Waals surface area contributed by atoms with Crippen LogP contribution in [-0.4, -0.2) is 59.3 Å². The van der Waals surface area contributed by atoms with Crippen LogP contribution in [0.2, 0.25) is 0 Å². The molecule has 3 rings (SSSR count). The minimum atomic E-state index is -0.985. The first-order valence-electron chi connectivity index (χ1n) is 13.8. The summed E-state index contributed by atoms with van der Waals surface area (Å²) in [6, 6.07) is 6.24. The number of ether oxygens (including phenoxy) is 1. The lowest BCUT2D eigenvalue weighted by Crippen LogP contribution is -2.57. The number of nitrogens with one attached hydrogen (secondary N) is 4. The molecule has 1 aromatic heterocycles. The molecular weight excluding hydrogens is 546 g/mol. The lowest BCUT2D eigenvalue weighted by atomic mass is 9.95. The molecule has 12 heteroatoms. The summed E-state index contributed by atoms with van der Waals surface area (Å²) in [7, 11) is 0. The van der Waals surface area contributed by atoms with Gasteiger partial charge in [-0.25, -0.2) is 9.78 Å². The number of benzene rings is 1. The number of alkyl carbamates (subject to hydrolysis) is 1. The Hall–Kier alpha value is -3.80.